The average molecular weight is 271 g/mol. The molecule has 4 nitrogen and oxygen atoms in total. The molecule has 1 rings (SSSR count). The summed E-state index contributed by atoms with van der Waals surface area (Å²) in [6, 6.07) is -2.24. The first-order valence-electron chi connectivity index (χ1n) is 4.37. The number of hydrogen-bond acceptors (Lipinski definition) is 3. The Balaban J connectivity index is 3.46. The fourth-order valence-electron chi connectivity index (χ4n) is 1.20. The number of carboxylic acid groups (broad SMARTS) is 1. The minimum atomic E-state index is -2.58. The molecule has 0 aliphatic carbocycles. The van der Waals surface area contributed by atoms with Gasteiger partial charge in [-0.1, -0.05) is 0 Å². The molecule has 1 unspecified atom stereocenters. The van der Waals surface area contributed by atoms with Crippen molar-refractivity contribution < 1.29 is 37.0 Å². The fraction of sp³-hybridized carbons (Fsp3) is 0.222. The molecule has 0 saturated heterocycles. The van der Waals surface area contributed by atoms with Gasteiger partial charge in [-0.25, -0.2) is 22.0 Å². The van der Waals surface area contributed by atoms with Crippen molar-refractivity contribution in [2.75, 3.05) is 0 Å². The van der Waals surface area contributed by atoms with Crippen molar-refractivity contribution >= 4 is 5.97 Å². The smallest absolute Gasteiger partial charge is 0.323 e. The van der Waals surface area contributed by atoms with Crippen LogP contribution in [0.2, 0.25) is 0 Å². The van der Waals surface area contributed by atoms with Gasteiger partial charge in [-0.15, -0.1) is 0 Å². The summed E-state index contributed by atoms with van der Waals surface area (Å²) < 4.78 is 64.5. The number of aliphatic carboxylic acids is 1. The third-order valence-corrected chi connectivity index (χ3v) is 2.16. The Morgan fingerprint density at radius 1 is 0.944 bits per heavy atom. The lowest BCUT2D eigenvalue weighted by Crippen LogP contribution is -2.37. The van der Waals surface area contributed by atoms with Crippen molar-refractivity contribution in [3.8, 4) is 0 Å². The summed E-state index contributed by atoms with van der Waals surface area (Å²) >= 11 is 0. The molecule has 0 aliphatic heterocycles. The molecule has 100 valence electrons. The Morgan fingerprint density at radius 2 is 1.28 bits per heavy atom. The van der Waals surface area contributed by atoms with Crippen LogP contribution in [0, 0.1) is 29.1 Å². The van der Waals surface area contributed by atoms with Crippen LogP contribution < -0.4 is 5.73 Å². The zero-order valence-corrected chi connectivity index (χ0v) is 8.42. The summed E-state index contributed by atoms with van der Waals surface area (Å²) in [6.07, 6.45) is -2.58. The highest BCUT2D eigenvalue weighted by molar-refractivity contribution is 5.74. The minimum Gasteiger partial charge on any atom is -0.480 e. The molecule has 0 fully saturated rings. The zero-order chi connectivity index (χ0) is 14.2. The monoisotopic (exact) mass is 271 g/mol. The molecule has 0 spiro atoms. The van der Waals surface area contributed by atoms with E-state index in [2.05, 4.69) is 0 Å². The number of carboxylic acids is 1. The Morgan fingerprint density at radius 3 is 1.61 bits per heavy atom. The number of benzene rings is 1. The molecule has 0 saturated carbocycles. The highest BCUT2D eigenvalue weighted by atomic mass is 19.2. The predicted molar refractivity (Wildman–Crippen MR) is 46.8 cm³/mol. The topological polar surface area (TPSA) is 83.6 Å². The van der Waals surface area contributed by atoms with Crippen molar-refractivity contribution in [1.29, 1.82) is 0 Å². The number of rotatable bonds is 3. The molecular formula is C9H6F5NO3. The van der Waals surface area contributed by atoms with Crippen LogP contribution in [0.25, 0.3) is 0 Å². The summed E-state index contributed by atoms with van der Waals surface area (Å²) in [5.74, 6) is -13.5. The summed E-state index contributed by atoms with van der Waals surface area (Å²) in [4.78, 5) is 10.4. The van der Waals surface area contributed by atoms with E-state index >= 15 is 0 Å². The van der Waals surface area contributed by atoms with E-state index in [-0.39, 0.29) is 0 Å². The maximum atomic E-state index is 13.1. The van der Waals surface area contributed by atoms with Crippen LogP contribution in [0.1, 0.15) is 11.7 Å². The Labute approximate surface area is 96.4 Å². The van der Waals surface area contributed by atoms with Crippen LogP contribution in [0.3, 0.4) is 0 Å². The molecule has 0 aromatic heterocycles. The van der Waals surface area contributed by atoms with Gasteiger partial charge in [-0.05, 0) is 0 Å². The second kappa shape index (κ2) is 4.86. The normalized spacial score (nSPS) is 14.4. The largest absolute Gasteiger partial charge is 0.480 e. The van der Waals surface area contributed by atoms with E-state index < -0.39 is 52.8 Å². The first kappa shape index (κ1) is 14.3. The van der Waals surface area contributed by atoms with Gasteiger partial charge in [0.25, 0.3) is 0 Å². The van der Waals surface area contributed by atoms with Gasteiger partial charge in [-0.3, -0.25) is 4.79 Å². The predicted octanol–water partition coefficient (Wildman–Crippen LogP) is 0.827. The highest BCUT2D eigenvalue weighted by Gasteiger charge is 2.34. The van der Waals surface area contributed by atoms with Crippen LogP contribution in [-0.2, 0) is 4.79 Å². The van der Waals surface area contributed by atoms with Crippen LogP contribution in [0.5, 0.6) is 0 Å². The number of hydrogen-bond donors (Lipinski definition) is 3. The van der Waals surface area contributed by atoms with Gasteiger partial charge in [0.2, 0.25) is 5.82 Å². The van der Waals surface area contributed by atoms with Gasteiger partial charge in [0.05, 0.1) is 5.56 Å². The van der Waals surface area contributed by atoms with E-state index in [9.17, 15) is 31.9 Å². The number of nitrogens with two attached hydrogens (primary N) is 1. The maximum Gasteiger partial charge on any atom is 0.323 e. The van der Waals surface area contributed by atoms with Gasteiger partial charge in [-0.2, -0.15) is 0 Å². The molecule has 0 radical (unpaired) electrons. The standard InChI is InChI=1S/C9H6F5NO3/c10-2-1(8(16)7(15)9(17)18)3(11)5(13)6(14)4(2)12/h7-8,16H,15H2,(H,17,18)/t7-,8?/m0/s1. The van der Waals surface area contributed by atoms with E-state index in [1.54, 1.807) is 0 Å². The molecular weight excluding hydrogens is 265 g/mol. The van der Waals surface area contributed by atoms with Crippen molar-refractivity contribution in [2.24, 2.45) is 5.73 Å². The van der Waals surface area contributed by atoms with Gasteiger partial charge >= 0.3 is 5.97 Å². The summed E-state index contributed by atoms with van der Waals surface area (Å²) in [7, 11) is 0. The summed E-state index contributed by atoms with van der Waals surface area (Å²) in [6.45, 7) is 0. The first-order valence-corrected chi connectivity index (χ1v) is 4.37. The molecule has 1 aromatic rings. The van der Waals surface area contributed by atoms with Crippen molar-refractivity contribution in [1.82, 2.24) is 0 Å². The molecule has 0 amide bonds. The molecule has 18 heavy (non-hydrogen) atoms. The highest BCUT2D eigenvalue weighted by Crippen LogP contribution is 2.28. The van der Waals surface area contributed by atoms with Gasteiger partial charge in [0, 0.05) is 0 Å². The zero-order valence-electron chi connectivity index (χ0n) is 8.42. The van der Waals surface area contributed by atoms with E-state index in [0.717, 1.165) is 0 Å². The van der Waals surface area contributed by atoms with Crippen LogP contribution in [0.4, 0.5) is 22.0 Å². The lowest BCUT2D eigenvalue weighted by atomic mass is 10.0. The molecule has 1 aromatic carbocycles. The molecule has 9 heteroatoms. The maximum absolute atomic E-state index is 13.1. The van der Waals surface area contributed by atoms with E-state index in [1.165, 1.54) is 0 Å². The molecule has 2 atom stereocenters. The number of carbonyl (C=O) groups is 1. The van der Waals surface area contributed by atoms with Crippen molar-refractivity contribution in [3.63, 3.8) is 0 Å². The second-order valence-corrected chi connectivity index (χ2v) is 3.29. The Bertz CT molecular complexity index is 478. The first-order chi connectivity index (χ1) is 8.20. The molecule has 0 aliphatic rings. The average Bonchev–Trinajstić information content (AvgIpc) is 2.32. The minimum absolute atomic E-state index is 1.68. The summed E-state index contributed by atoms with van der Waals surface area (Å²) in [5.41, 5.74) is 3.17. The third-order valence-electron chi connectivity index (χ3n) is 2.16. The Kier molecular flexibility index (Phi) is 3.87. The van der Waals surface area contributed by atoms with Crippen LogP contribution in [0.15, 0.2) is 0 Å². The van der Waals surface area contributed by atoms with Crippen LogP contribution >= 0.6 is 0 Å². The van der Waals surface area contributed by atoms with Crippen molar-refractivity contribution in [2.45, 2.75) is 12.1 Å². The van der Waals surface area contributed by atoms with E-state index in [4.69, 9.17) is 10.8 Å². The van der Waals surface area contributed by atoms with Gasteiger partial charge < -0.3 is 15.9 Å². The Hall–Kier alpha value is -1.74. The quantitative estimate of drug-likeness (QED) is 0.432. The fourth-order valence-corrected chi connectivity index (χ4v) is 1.20. The molecule has 4 N–H and O–H groups in total. The number of aliphatic hydroxyl groups excluding tert-OH is 1. The lowest BCUT2D eigenvalue weighted by Gasteiger charge is -2.17. The van der Waals surface area contributed by atoms with Gasteiger partial charge in [0.15, 0.2) is 23.3 Å². The van der Waals surface area contributed by atoms with Crippen molar-refractivity contribution in [3.05, 3.63) is 34.6 Å². The van der Waals surface area contributed by atoms with Crippen LogP contribution in [-0.4, -0.2) is 22.2 Å². The molecule has 0 heterocycles. The summed E-state index contributed by atoms with van der Waals surface area (Å²) in [5, 5.41) is 17.6. The molecule has 0 bridgehead atoms. The lowest BCUT2D eigenvalue weighted by molar-refractivity contribution is -0.141. The van der Waals surface area contributed by atoms with E-state index in [0.29, 0.717) is 0 Å². The number of aliphatic hydroxyl groups is 1. The second-order valence-electron chi connectivity index (χ2n) is 3.29. The van der Waals surface area contributed by atoms with Gasteiger partial charge in [0.1, 0.15) is 12.1 Å². The number of halogens is 5. The SMILES string of the molecule is N[C@H](C(=O)O)C(O)c1c(F)c(F)c(F)c(F)c1F. The third kappa shape index (κ3) is 2.14. The van der Waals surface area contributed by atoms with E-state index in [1.807, 2.05) is 0 Å².